The Morgan fingerprint density at radius 1 is 0.759 bits per heavy atom. The van der Waals surface area contributed by atoms with Crippen molar-refractivity contribution in [1.29, 1.82) is 0 Å². The Morgan fingerprint density at radius 2 is 1.17 bits per heavy atom. The lowest BCUT2D eigenvalue weighted by atomic mass is 10.3. The molecule has 3 aromatic carbocycles. The zero-order valence-electron chi connectivity index (χ0n) is 15.1. The van der Waals surface area contributed by atoms with Gasteiger partial charge in [0.25, 0.3) is 5.91 Å². The lowest BCUT2D eigenvalue weighted by Crippen LogP contribution is -2.26. The summed E-state index contributed by atoms with van der Waals surface area (Å²) in [5.41, 5.74) is 0.158. The highest BCUT2D eigenvalue weighted by atomic mass is 35.5. The number of hydrogen-bond acceptors (Lipinski definition) is 3. The van der Waals surface area contributed by atoms with Crippen LogP contribution in [0.2, 0.25) is 9.49 Å². The molecule has 0 bridgehead atoms. The van der Waals surface area contributed by atoms with Gasteiger partial charge in [0.15, 0.2) is 5.15 Å². The summed E-state index contributed by atoms with van der Waals surface area (Å²) in [6.45, 7) is 0. The van der Waals surface area contributed by atoms with Crippen LogP contribution < -0.4 is 15.9 Å². The molecule has 0 radical (unpaired) electrons. The molecule has 4 aromatic rings. The number of rotatable bonds is 4. The second kappa shape index (κ2) is 8.64. The number of carbonyl (C=O) groups excluding carboxylic acids is 1. The molecule has 4 rings (SSSR count). The van der Waals surface area contributed by atoms with Crippen molar-refractivity contribution in [3.8, 4) is 0 Å². The number of carbonyl (C=O) groups is 1. The molecule has 1 heterocycles. The van der Waals surface area contributed by atoms with Gasteiger partial charge in [0.2, 0.25) is 0 Å². The standard InChI is InChI=1S/C22H15Cl2N2OPS/c23-20-19(21(24)29-26-20)22(27)25-28(16-10-4-1-5-11-16,17-12-6-2-7-13-17)18-14-8-3-9-15-18/h1-15H. The van der Waals surface area contributed by atoms with Crippen LogP contribution >= 0.6 is 41.8 Å². The van der Waals surface area contributed by atoms with E-state index in [-0.39, 0.29) is 15.1 Å². The van der Waals surface area contributed by atoms with Crippen LogP contribution in [0.5, 0.6) is 0 Å². The maximum atomic E-state index is 13.3. The van der Waals surface area contributed by atoms with Crippen LogP contribution in [0.25, 0.3) is 0 Å². The SMILES string of the molecule is O=C(N=P(c1ccccc1)(c1ccccc1)c1ccccc1)c1c(Cl)nsc1Cl. The van der Waals surface area contributed by atoms with E-state index >= 15 is 0 Å². The second-order valence-corrected chi connectivity index (χ2v) is 10.9. The van der Waals surface area contributed by atoms with E-state index in [0.717, 1.165) is 27.4 Å². The third-order valence-electron chi connectivity index (χ3n) is 4.45. The summed E-state index contributed by atoms with van der Waals surface area (Å²) >= 11 is 13.4. The summed E-state index contributed by atoms with van der Waals surface area (Å²) < 4.78 is 9.09. The minimum Gasteiger partial charge on any atom is -0.267 e. The first-order chi connectivity index (χ1) is 14.1. The van der Waals surface area contributed by atoms with Gasteiger partial charge in [-0.2, -0.15) is 4.37 Å². The molecule has 0 saturated heterocycles. The van der Waals surface area contributed by atoms with Gasteiger partial charge in [-0.3, -0.25) is 4.79 Å². The van der Waals surface area contributed by atoms with Crippen LogP contribution in [0.4, 0.5) is 0 Å². The van der Waals surface area contributed by atoms with E-state index in [9.17, 15) is 4.79 Å². The Labute approximate surface area is 183 Å². The van der Waals surface area contributed by atoms with Gasteiger partial charge in [-0.1, -0.05) is 114 Å². The van der Waals surface area contributed by atoms with Gasteiger partial charge < -0.3 is 0 Å². The Balaban J connectivity index is 2.10. The van der Waals surface area contributed by atoms with Gasteiger partial charge in [0.1, 0.15) is 9.90 Å². The van der Waals surface area contributed by atoms with E-state index in [2.05, 4.69) is 4.37 Å². The molecule has 144 valence electrons. The summed E-state index contributed by atoms with van der Waals surface area (Å²) in [4.78, 5) is 13.3. The highest BCUT2D eigenvalue weighted by Gasteiger charge is 2.30. The average Bonchev–Trinajstić information content (AvgIpc) is 3.12. The van der Waals surface area contributed by atoms with E-state index in [1.807, 2.05) is 91.0 Å². The molecule has 0 aliphatic rings. The number of benzene rings is 3. The molecular weight excluding hydrogens is 442 g/mol. The molecule has 0 spiro atoms. The molecule has 7 heteroatoms. The van der Waals surface area contributed by atoms with Crippen LogP contribution in [0.1, 0.15) is 10.4 Å². The molecule has 0 aliphatic carbocycles. The molecular formula is C22H15Cl2N2OPS. The van der Waals surface area contributed by atoms with Crippen molar-refractivity contribution in [1.82, 2.24) is 4.37 Å². The van der Waals surface area contributed by atoms with Crippen LogP contribution in [-0.4, -0.2) is 10.3 Å². The van der Waals surface area contributed by atoms with Crippen LogP contribution in [0, 0.1) is 0 Å². The Bertz CT molecular complexity index is 1070. The summed E-state index contributed by atoms with van der Waals surface area (Å²) in [5.74, 6) is -0.460. The maximum Gasteiger partial charge on any atom is 0.282 e. The van der Waals surface area contributed by atoms with Crippen LogP contribution in [-0.2, 0) is 0 Å². The summed E-state index contributed by atoms with van der Waals surface area (Å²) in [5, 5.41) is 3.00. The fraction of sp³-hybridized carbons (Fsp3) is 0. The fourth-order valence-corrected chi connectivity index (χ4v) is 7.77. The second-order valence-electron chi connectivity index (χ2n) is 6.17. The van der Waals surface area contributed by atoms with Crippen molar-refractivity contribution in [2.45, 2.75) is 0 Å². The highest BCUT2D eigenvalue weighted by Crippen LogP contribution is 2.47. The molecule has 29 heavy (non-hydrogen) atoms. The third-order valence-corrected chi connectivity index (χ3v) is 9.48. The van der Waals surface area contributed by atoms with Gasteiger partial charge >= 0.3 is 0 Å². The van der Waals surface area contributed by atoms with E-state index in [1.165, 1.54) is 0 Å². The predicted molar refractivity (Wildman–Crippen MR) is 124 cm³/mol. The number of halogens is 2. The average molecular weight is 457 g/mol. The van der Waals surface area contributed by atoms with E-state index in [0.29, 0.717) is 0 Å². The van der Waals surface area contributed by atoms with Crippen molar-refractivity contribution in [3.63, 3.8) is 0 Å². The van der Waals surface area contributed by atoms with Crippen molar-refractivity contribution in [2.24, 2.45) is 4.74 Å². The number of hydrogen-bond donors (Lipinski definition) is 0. The van der Waals surface area contributed by atoms with Crippen molar-refractivity contribution >= 4 is 63.6 Å². The molecule has 1 aromatic heterocycles. The first-order valence-corrected chi connectivity index (χ1v) is 12.0. The Morgan fingerprint density at radius 3 is 1.52 bits per heavy atom. The monoisotopic (exact) mass is 456 g/mol. The molecule has 0 saturated carbocycles. The molecule has 0 unspecified atom stereocenters. The lowest BCUT2D eigenvalue weighted by molar-refractivity contribution is 0.101. The van der Waals surface area contributed by atoms with Gasteiger partial charge in [0.05, 0.1) is 7.05 Å². The van der Waals surface area contributed by atoms with Gasteiger partial charge in [0, 0.05) is 15.9 Å². The Hall–Kier alpha value is -2.23. The zero-order chi connectivity index (χ0) is 20.3. The minimum absolute atomic E-state index is 0.0843. The third kappa shape index (κ3) is 3.82. The maximum absolute atomic E-state index is 13.3. The zero-order valence-corrected chi connectivity index (χ0v) is 18.3. The van der Waals surface area contributed by atoms with Crippen molar-refractivity contribution < 1.29 is 4.79 Å². The van der Waals surface area contributed by atoms with Crippen LogP contribution in [0.3, 0.4) is 0 Å². The predicted octanol–water partition coefficient (Wildman–Crippen LogP) is 5.77. The molecule has 0 fully saturated rings. The smallest absolute Gasteiger partial charge is 0.267 e. The molecule has 0 atom stereocenters. The van der Waals surface area contributed by atoms with Gasteiger partial charge in [-0.15, -0.1) is 0 Å². The first-order valence-electron chi connectivity index (χ1n) is 8.77. The van der Waals surface area contributed by atoms with E-state index in [1.54, 1.807) is 0 Å². The number of amides is 1. The quantitative estimate of drug-likeness (QED) is 0.366. The fourth-order valence-electron chi connectivity index (χ4n) is 3.16. The molecule has 1 amide bonds. The lowest BCUT2D eigenvalue weighted by Gasteiger charge is -2.26. The molecule has 0 N–H and O–H groups in total. The first kappa shape index (κ1) is 20.1. The van der Waals surface area contributed by atoms with Crippen molar-refractivity contribution in [3.05, 3.63) is 106 Å². The summed E-state index contributed by atoms with van der Waals surface area (Å²) in [6.07, 6.45) is 0. The largest absolute Gasteiger partial charge is 0.282 e. The van der Waals surface area contributed by atoms with E-state index < -0.39 is 13.0 Å². The van der Waals surface area contributed by atoms with Crippen molar-refractivity contribution in [2.75, 3.05) is 0 Å². The molecule has 3 nitrogen and oxygen atoms in total. The van der Waals surface area contributed by atoms with E-state index in [4.69, 9.17) is 27.9 Å². The normalized spacial score (nSPS) is 11.2. The number of aromatic nitrogens is 1. The van der Waals surface area contributed by atoms with Crippen LogP contribution in [0.15, 0.2) is 95.7 Å². The summed E-state index contributed by atoms with van der Waals surface area (Å²) in [7, 11) is -2.66. The number of nitrogens with zero attached hydrogens (tertiary/aromatic N) is 2. The Kier molecular flexibility index (Phi) is 5.98. The highest BCUT2D eigenvalue weighted by molar-refractivity contribution is 7.87. The summed E-state index contributed by atoms with van der Waals surface area (Å²) in [6, 6.07) is 29.7. The topological polar surface area (TPSA) is 42.3 Å². The van der Waals surface area contributed by atoms with Gasteiger partial charge in [-0.05, 0) is 11.5 Å². The minimum atomic E-state index is -2.66. The van der Waals surface area contributed by atoms with Gasteiger partial charge in [-0.25, -0.2) is 4.74 Å². The molecule has 0 aliphatic heterocycles.